The van der Waals surface area contributed by atoms with Gasteiger partial charge >= 0.3 is 0 Å². The first-order valence-electron chi connectivity index (χ1n) is 7.76. The third-order valence-corrected chi connectivity index (χ3v) is 3.63. The summed E-state index contributed by atoms with van der Waals surface area (Å²) < 4.78 is 0. The van der Waals surface area contributed by atoms with Gasteiger partial charge in [-0.05, 0) is 36.8 Å². The van der Waals surface area contributed by atoms with E-state index in [9.17, 15) is 0 Å². The number of pyridine rings is 1. The fourth-order valence-electron chi connectivity index (χ4n) is 2.29. The Hall–Kier alpha value is -2.66. The third kappa shape index (κ3) is 4.20. The molecule has 1 aromatic carbocycles. The van der Waals surface area contributed by atoms with E-state index in [4.69, 9.17) is 11.6 Å². The predicted octanol–water partition coefficient (Wildman–Crippen LogP) is 4.24. The molecule has 0 radical (unpaired) electrons. The first kappa shape index (κ1) is 16.2. The van der Waals surface area contributed by atoms with Crippen molar-refractivity contribution in [2.24, 2.45) is 0 Å². The quantitative estimate of drug-likeness (QED) is 0.703. The molecule has 0 saturated heterocycles. The van der Waals surface area contributed by atoms with E-state index in [1.165, 1.54) is 0 Å². The number of halogens is 1. The minimum atomic E-state index is 0.598. The van der Waals surface area contributed by atoms with Gasteiger partial charge in [-0.3, -0.25) is 4.98 Å². The van der Waals surface area contributed by atoms with Crippen LogP contribution in [0.15, 0.2) is 54.9 Å². The molecule has 122 valence electrons. The minimum Gasteiger partial charge on any atom is -0.366 e. The fourth-order valence-corrected chi connectivity index (χ4v) is 2.50. The van der Waals surface area contributed by atoms with Crippen LogP contribution in [0.1, 0.15) is 12.5 Å². The molecule has 2 heterocycles. The van der Waals surface area contributed by atoms with E-state index in [0.29, 0.717) is 12.5 Å². The van der Waals surface area contributed by atoms with Crippen molar-refractivity contribution in [3.05, 3.63) is 65.4 Å². The van der Waals surface area contributed by atoms with Crippen LogP contribution in [0.25, 0.3) is 11.3 Å². The van der Waals surface area contributed by atoms with Gasteiger partial charge in [-0.2, -0.15) is 4.98 Å². The van der Waals surface area contributed by atoms with Gasteiger partial charge in [0.2, 0.25) is 5.95 Å². The molecule has 3 aromatic rings. The molecule has 0 amide bonds. The lowest BCUT2D eigenvalue weighted by Gasteiger charge is -2.11. The molecule has 0 atom stereocenters. The van der Waals surface area contributed by atoms with Gasteiger partial charge in [-0.15, -0.1) is 0 Å². The molecule has 5 nitrogen and oxygen atoms in total. The molecule has 3 rings (SSSR count). The molecule has 0 aliphatic carbocycles. The smallest absolute Gasteiger partial charge is 0.225 e. The summed E-state index contributed by atoms with van der Waals surface area (Å²) in [4.78, 5) is 13.1. The van der Waals surface area contributed by atoms with Crippen molar-refractivity contribution < 1.29 is 0 Å². The SMILES string of the molecule is CCNc1nc(NCc2cccc(Cl)c2)cc(-c2ccncc2)n1. The Morgan fingerprint density at radius 2 is 1.83 bits per heavy atom. The summed E-state index contributed by atoms with van der Waals surface area (Å²) in [5.74, 6) is 1.35. The van der Waals surface area contributed by atoms with E-state index in [2.05, 4.69) is 25.6 Å². The maximum atomic E-state index is 6.03. The lowest BCUT2D eigenvalue weighted by molar-refractivity contribution is 1.05. The van der Waals surface area contributed by atoms with Crippen LogP contribution >= 0.6 is 11.6 Å². The number of rotatable bonds is 6. The summed E-state index contributed by atoms with van der Waals surface area (Å²) in [6.45, 7) is 3.41. The van der Waals surface area contributed by atoms with Crippen LogP contribution in [0.3, 0.4) is 0 Å². The Kier molecular flexibility index (Phi) is 5.23. The molecule has 0 saturated carbocycles. The van der Waals surface area contributed by atoms with Gasteiger partial charge in [0.1, 0.15) is 5.82 Å². The third-order valence-electron chi connectivity index (χ3n) is 3.40. The fraction of sp³-hybridized carbons (Fsp3) is 0.167. The minimum absolute atomic E-state index is 0.598. The zero-order valence-corrected chi connectivity index (χ0v) is 14.1. The van der Waals surface area contributed by atoms with E-state index in [0.717, 1.165) is 34.2 Å². The molecule has 2 N–H and O–H groups in total. The predicted molar refractivity (Wildman–Crippen MR) is 98.2 cm³/mol. The van der Waals surface area contributed by atoms with Crippen LogP contribution in [0.2, 0.25) is 5.02 Å². The number of hydrogen-bond acceptors (Lipinski definition) is 5. The zero-order chi connectivity index (χ0) is 16.8. The summed E-state index contributed by atoms with van der Waals surface area (Å²) in [6.07, 6.45) is 3.51. The maximum absolute atomic E-state index is 6.03. The molecule has 24 heavy (non-hydrogen) atoms. The summed E-state index contributed by atoms with van der Waals surface area (Å²) in [5, 5.41) is 7.22. The van der Waals surface area contributed by atoms with Crippen molar-refractivity contribution >= 4 is 23.4 Å². The normalized spacial score (nSPS) is 10.4. The Morgan fingerprint density at radius 1 is 1.00 bits per heavy atom. The maximum Gasteiger partial charge on any atom is 0.225 e. The number of benzene rings is 1. The average molecular weight is 340 g/mol. The van der Waals surface area contributed by atoms with Gasteiger partial charge in [0.15, 0.2) is 0 Å². The molecular weight excluding hydrogens is 322 g/mol. The highest BCUT2D eigenvalue weighted by atomic mass is 35.5. The Labute approximate surface area is 146 Å². The molecular formula is C18H18ClN5. The van der Waals surface area contributed by atoms with Gasteiger partial charge in [0.25, 0.3) is 0 Å². The molecule has 6 heteroatoms. The summed E-state index contributed by atoms with van der Waals surface area (Å²) in [5.41, 5.74) is 2.94. The highest BCUT2D eigenvalue weighted by Crippen LogP contribution is 2.21. The molecule has 2 aromatic heterocycles. The summed E-state index contributed by atoms with van der Waals surface area (Å²) in [6, 6.07) is 13.5. The van der Waals surface area contributed by atoms with Crippen molar-refractivity contribution in [2.45, 2.75) is 13.5 Å². The van der Waals surface area contributed by atoms with Gasteiger partial charge in [-0.1, -0.05) is 23.7 Å². The summed E-state index contributed by atoms with van der Waals surface area (Å²) >= 11 is 6.03. The monoisotopic (exact) mass is 339 g/mol. The number of nitrogens with zero attached hydrogens (tertiary/aromatic N) is 3. The van der Waals surface area contributed by atoms with Gasteiger partial charge < -0.3 is 10.6 Å². The van der Waals surface area contributed by atoms with Gasteiger partial charge in [-0.25, -0.2) is 4.98 Å². The van der Waals surface area contributed by atoms with E-state index in [-0.39, 0.29) is 0 Å². The largest absolute Gasteiger partial charge is 0.366 e. The van der Waals surface area contributed by atoms with Crippen LogP contribution in [0, 0.1) is 0 Å². The highest BCUT2D eigenvalue weighted by molar-refractivity contribution is 6.30. The molecule has 0 aliphatic heterocycles. The van der Waals surface area contributed by atoms with Crippen LogP contribution in [0.5, 0.6) is 0 Å². The van der Waals surface area contributed by atoms with Crippen LogP contribution < -0.4 is 10.6 Å². The van der Waals surface area contributed by atoms with Crippen LogP contribution in [-0.4, -0.2) is 21.5 Å². The van der Waals surface area contributed by atoms with E-state index in [1.807, 2.05) is 49.4 Å². The Bertz CT molecular complexity index is 808. The van der Waals surface area contributed by atoms with Crippen molar-refractivity contribution in [2.75, 3.05) is 17.2 Å². The second-order valence-electron chi connectivity index (χ2n) is 5.21. The van der Waals surface area contributed by atoms with Crippen molar-refractivity contribution in [3.8, 4) is 11.3 Å². The number of nitrogens with one attached hydrogen (secondary N) is 2. The van der Waals surface area contributed by atoms with Gasteiger partial charge in [0, 0.05) is 42.1 Å². The first-order valence-corrected chi connectivity index (χ1v) is 8.14. The zero-order valence-electron chi connectivity index (χ0n) is 13.3. The number of hydrogen-bond donors (Lipinski definition) is 2. The van der Waals surface area contributed by atoms with E-state index in [1.54, 1.807) is 12.4 Å². The number of anilines is 2. The Balaban J connectivity index is 1.85. The first-order chi connectivity index (χ1) is 11.7. The van der Waals surface area contributed by atoms with Crippen LogP contribution in [-0.2, 0) is 6.54 Å². The second-order valence-corrected chi connectivity index (χ2v) is 5.65. The number of aromatic nitrogens is 3. The standard InChI is InChI=1S/C18H18ClN5/c1-2-21-18-23-16(14-6-8-20-9-7-14)11-17(24-18)22-12-13-4-3-5-15(19)10-13/h3-11H,2,12H2,1H3,(H2,21,22,23,24). The average Bonchev–Trinajstić information content (AvgIpc) is 2.61. The van der Waals surface area contributed by atoms with Crippen LogP contribution in [0.4, 0.5) is 11.8 Å². The highest BCUT2D eigenvalue weighted by Gasteiger charge is 2.06. The second kappa shape index (κ2) is 7.75. The lowest BCUT2D eigenvalue weighted by Crippen LogP contribution is -2.07. The van der Waals surface area contributed by atoms with E-state index >= 15 is 0 Å². The van der Waals surface area contributed by atoms with E-state index < -0.39 is 0 Å². The van der Waals surface area contributed by atoms with Crippen molar-refractivity contribution in [3.63, 3.8) is 0 Å². The van der Waals surface area contributed by atoms with Crippen molar-refractivity contribution in [1.29, 1.82) is 0 Å². The van der Waals surface area contributed by atoms with Crippen molar-refractivity contribution in [1.82, 2.24) is 15.0 Å². The van der Waals surface area contributed by atoms with Gasteiger partial charge in [0.05, 0.1) is 5.69 Å². The Morgan fingerprint density at radius 3 is 2.58 bits per heavy atom. The molecule has 0 fully saturated rings. The summed E-state index contributed by atoms with van der Waals surface area (Å²) in [7, 11) is 0. The molecule has 0 bridgehead atoms. The lowest BCUT2D eigenvalue weighted by atomic mass is 10.2. The molecule has 0 spiro atoms. The molecule has 0 unspecified atom stereocenters. The topological polar surface area (TPSA) is 62.7 Å². The molecule has 0 aliphatic rings.